The van der Waals surface area contributed by atoms with Gasteiger partial charge >= 0.3 is 0 Å². The van der Waals surface area contributed by atoms with Gasteiger partial charge in [0.15, 0.2) is 0 Å². The average molecular weight is 121 g/mol. The van der Waals surface area contributed by atoms with Crippen molar-refractivity contribution in [3.8, 4) is 0 Å². The maximum absolute atomic E-state index is 2.60. The highest BCUT2D eigenvalue weighted by Gasteiger charge is 2.55. The maximum Gasteiger partial charge on any atom is 0.0549 e. The fraction of sp³-hybridized carbons (Fsp3) is 0.750. The van der Waals surface area contributed by atoms with Gasteiger partial charge in [-0.15, -0.1) is 0 Å². The lowest BCUT2D eigenvalue weighted by Gasteiger charge is -2.57. The van der Waals surface area contributed by atoms with Crippen LogP contribution in [-0.4, -0.2) is 16.5 Å². The van der Waals surface area contributed by atoms with Gasteiger partial charge in [-0.3, -0.25) is 0 Å². The molecule has 2 aliphatic heterocycles. The molecule has 1 nitrogen and oxygen atoms in total. The molecule has 2 fully saturated rings. The molecule has 1 unspecified atom stereocenters. The lowest BCUT2D eigenvalue weighted by Crippen LogP contribution is -2.58. The Kier molecular flexibility index (Phi) is 0.456. The molecule has 2 bridgehead atoms. The molecule has 2 aliphatic carbocycles. The van der Waals surface area contributed by atoms with E-state index in [2.05, 4.69) is 17.9 Å². The highest BCUT2D eigenvalue weighted by molar-refractivity contribution is 5.37. The predicted molar refractivity (Wildman–Crippen MR) is 36.0 cm³/mol. The van der Waals surface area contributed by atoms with E-state index in [1.807, 2.05) is 0 Å². The Labute approximate surface area is 55.3 Å². The van der Waals surface area contributed by atoms with Gasteiger partial charge in [0.25, 0.3) is 0 Å². The molecule has 0 amide bonds. The molecule has 1 atom stereocenters. The zero-order valence-corrected chi connectivity index (χ0v) is 5.72. The van der Waals surface area contributed by atoms with E-state index in [9.17, 15) is 0 Å². The van der Waals surface area contributed by atoms with E-state index < -0.39 is 0 Å². The molecule has 2 heterocycles. The highest BCUT2D eigenvalue weighted by Crippen LogP contribution is 2.55. The van der Waals surface area contributed by atoms with E-state index in [0.29, 0.717) is 5.54 Å². The van der Waals surface area contributed by atoms with Gasteiger partial charge in [-0.25, -0.2) is 0 Å². The lowest BCUT2D eigenvalue weighted by molar-refractivity contribution is 0.0785. The van der Waals surface area contributed by atoms with Crippen LogP contribution >= 0.6 is 0 Å². The van der Waals surface area contributed by atoms with E-state index in [4.69, 9.17) is 0 Å². The molecule has 4 aliphatic rings. The second-order valence-electron chi connectivity index (χ2n) is 3.80. The lowest BCUT2D eigenvalue weighted by atomic mass is 9.82. The molecule has 0 N–H and O–H groups in total. The predicted octanol–water partition coefficient (Wildman–Crippen LogP) is 1.51. The first-order chi connectivity index (χ1) is 4.30. The molecule has 0 aromatic rings. The summed E-state index contributed by atoms with van der Waals surface area (Å²) in [5.74, 6) is 0. The van der Waals surface area contributed by atoms with E-state index in [0.717, 1.165) is 6.04 Å². The maximum atomic E-state index is 2.60. The summed E-state index contributed by atoms with van der Waals surface area (Å²) < 4.78 is 0. The summed E-state index contributed by atoms with van der Waals surface area (Å²) >= 11 is 0. The molecule has 48 valence electrons. The standard InChI is InChI=1S/C8H11N/c1-8(2-3-8)9-6-4-7(9)5-6/h4,6H,2-3,5H2,1H3. The molecule has 0 radical (unpaired) electrons. The van der Waals surface area contributed by atoms with Crippen LogP contribution in [0.25, 0.3) is 0 Å². The third-order valence-corrected chi connectivity index (χ3v) is 3.00. The van der Waals surface area contributed by atoms with Crippen molar-refractivity contribution < 1.29 is 0 Å². The van der Waals surface area contributed by atoms with Crippen LogP contribution in [0.15, 0.2) is 11.8 Å². The summed E-state index contributed by atoms with van der Waals surface area (Å²) in [7, 11) is 0. The minimum Gasteiger partial charge on any atom is -0.363 e. The number of hydrogen-bond donors (Lipinski definition) is 0. The largest absolute Gasteiger partial charge is 0.363 e. The summed E-state index contributed by atoms with van der Waals surface area (Å²) in [6, 6.07) is 0.868. The third-order valence-electron chi connectivity index (χ3n) is 3.00. The van der Waals surface area contributed by atoms with Crippen molar-refractivity contribution in [3.05, 3.63) is 11.8 Å². The van der Waals surface area contributed by atoms with E-state index in [1.54, 1.807) is 5.70 Å². The zero-order chi connectivity index (χ0) is 6.06. The van der Waals surface area contributed by atoms with Crippen LogP contribution in [0.1, 0.15) is 26.2 Å². The highest BCUT2D eigenvalue weighted by atomic mass is 15.3. The fourth-order valence-corrected chi connectivity index (χ4v) is 1.93. The Morgan fingerprint density at radius 1 is 1.67 bits per heavy atom. The molecular formula is C8H11N. The molecule has 1 saturated carbocycles. The molecule has 4 rings (SSSR count). The minimum absolute atomic E-state index is 0.632. The van der Waals surface area contributed by atoms with Crippen LogP contribution in [0.5, 0.6) is 0 Å². The van der Waals surface area contributed by atoms with Crippen molar-refractivity contribution in [2.45, 2.75) is 37.8 Å². The first-order valence-corrected chi connectivity index (χ1v) is 3.80. The monoisotopic (exact) mass is 121 g/mol. The second-order valence-corrected chi connectivity index (χ2v) is 3.80. The molecule has 9 heavy (non-hydrogen) atoms. The van der Waals surface area contributed by atoms with Crippen molar-refractivity contribution in [1.82, 2.24) is 4.90 Å². The summed E-state index contributed by atoms with van der Waals surface area (Å²) in [6.45, 7) is 2.38. The molecule has 0 aromatic heterocycles. The van der Waals surface area contributed by atoms with Crippen molar-refractivity contribution >= 4 is 0 Å². The zero-order valence-electron chi connectivity index (χ0n) is 5.72. The number of hydrogen-bond acceptors (Lipinski definition) is 1. The molecule has 1 heteroatoms. The van der Waals surface area contributed by atoms with Crippen LogP contribution < -0.4 is 0 Å². The van der Waals surface area contributed by atoms with Crippen molar-refractivity contribution in [2.75, 3.05) is 0 Å². The fourth-order valence-electron chi connectivity index (χ4n) is 1.93. The smallest absolute Gasteiger partial charge is 0.0549 e. The third kappa shape index (κ3) is 0.329. The van der Waals surface area contributed by atoms with Crippen molar-refractivity contribution in [3.63, 3.8) is 0 Å². The average Bonchev–Trinajstić information content (AvgIpc) is 2.05. The van der Waals surface area contributed by atoms with Crippen LogP contribution in [0.2, 0.25) is 0 Å². The Bertz CT molecular complexity index is 201. The van der Waals surface area contributed by atoms with Gasteiger partial charge in [-0.2, -0.15) is 0 Å². The van der Waals surface area contributed by atoms with Gasteiger partial charge in [-0.05, 0) is 25.8 Å². The van der Waals surface area contributed by atoms with Crippen LogP contribution in [-0.2, 0) is 0 Å². The van der Waals surface area contributed by atoms with Gasteiger partial charge in [0.05, 0.1) is 6.04 Å². The number of nitrogens with zero attached hydrogens (tertiary/aromatic N) is 1. The SMILES string of the molecule is CC1(N2C3=CC2C3)CC1. The summed E-state index contributed by atoms with van der Waals surface area (Å²) in [5, 5.41) is 0. The van der Waals surface area contributed by atoms with Gasteiger partial charge in [0.2, 0.25) is 0 Å². The van der Waals surface area contributed by atoms with E-state index >= 15 is 0 Å². The number of rotatable bonds is 1. The topological polar surface area (TPSA) is 3.24 Å². The molecule has 0 spiro atoms. The molecule has 0 aromatic carbocycles. The summed E-state index contributed by atoms with van der Waals surface area (Å²) in [6.07, 6.45) is 6.64. The Morgan fingerprint density at radius 2 is 2.22 bits per heavy atom. The van der Waals surface area contributed by atoms with E-state index in [1.165, 1.54) is 19.3 Å². The quantitative estimate of drug-likeness (QED) is 0.508. The van der Waals surface area contributed by atoms with Gasteiger partial charge in [-0.1, -0.05) is 0 Å². The van der Waals surface area contributed by atoms with Crippen LogP contribution in [0, 0.1) is 0 Å². The minimum atomic E-state index is 0.632. The molecular weight excluding hydrogens is 110 g/mol. The Balaban J connectivity index is 1.90. The van der Waals surface area contributed by atoms with Crippen molar-refractivity contribution in [2.24, 2.45) is 0 Å². The van der Waals surface area contributed by atoms with Gasteiger partial charge < -0.3 is 4.90 Å². The van der Waals surface area contributed by atoms with Crippen LogP contribution in [0.3, 0.4) is 0 Å². The van der Waals surface area contributed by atoms with Gasteiger partial charge in [0.1, 0.15) is 0 Å². The Hall–Kier alpha value is -0.460. The first kappa shape index (κ1) is 4.37. The van der Waals surface area contributed by atoms with E-state index in [-0.39, 0.29) is 0 Å². The van der Waals surface area contributed by atoms with Crippen LogP contribution in [0.4, 0.5) is 0 Å². The second kappa shape index (κ2) is 0.938. The first-order valence-electron chi connectivity index (χ1n) is 3.80. The normalized spacial score (nSPS) is 40.8. The summed E-state index contributed by atoms with van der Waals surface area (Å²) in [5.41, 5.74) is 2.26. The van der Waals surface area contributed by atoms with Crippen molar-refractivity contribution in [1.29, 1.82) is 0 Å². The Morgan fingerprint density at radius 3 is 2.33 bits per heavy atom. The molecule has 1 saturated heterocycles. The van der Waals surface area contributed by atoms with Gasteiger partial charge in [0, 0.05) is 17.7 Å². The summed E-state index contributed by atoms with van der Waals surface area (Å²) in [4.78, 5) is 2.60.